The highest BCUT2D eigenvalue weighted by Crippen LogP contribution is 2.39. The zero-order valence-electron chi connectivity index (χ0n) is 9.69. The van der Waals surface area contributed by atoms with Crippen LogP contribution in [0.5, 0.6) is 0 Å². The minimum atomic E-state index is 0.464. The third kappa shape index (κ3) is 1.40. The van der Waals surface area contributed by atoms with Gasteiger partial charge in [-0.1, -0.05) is 0 Å². The summed E-state index contributed by atoms with van der Waals surface area (Å²) < 4.78 is 0. The van der Waals surface area contributed by atoms with Crippen molar-refractivity contribution in [2.45, 2.75) is 31.3 Å². The van der Waals surface area contributed by atoms with Gasteiger partial charge >= 0.3 is 0 Å². The molecule has 1 aromatic heterocycles. The molecule has 0 bridgehead atoms. The number of nitrogens with one attached hydrogen (secondary N) is 2. The van der Waals surface area contributed by atoms with Gasteiger partial charge in [-0.2, -0.15) is 0 Å². The van der Waals surface area contributed by atoms with Crippen molar-refractivity contribution in [3.8, 4) is 0 Å². The van der Waals surface area contributed by atoms with Gasteiger partial charge in [0, 0.05) is 18.4 Å². The Labute approximate surface area is 101 Å². The van der Waals surface area contributed by atoms with E-state index in [-0.39, 0.29) is 0 Å². The third-order valence-corrected chi connectivity index (χ3v) is 4.28. The van der Waals surface area contributed by atoms with Crippen molar-refractivity contribution in [1.29, 1.82) is 0 Å². The maximum Gasteiger partial charge on any atom is 0.152 e. The molecule has 2 fully saturated rings. The Balaban J connectivity index is 1.78. The van der Waals surface area contributed by atoms with E-state index in [1.54, 1.807) is 12.4 Å². The minimum absolute atomic E-state index is 0.464. The number of aromatic nitrogens is 2. The van der Waals surface area contributed by atoms with E-state index in [9.17, 15) is 0 Å². The summed E-state index contributed by atoms with van der Waals surface area (Å²) in [5.41, 5.74) is 2.49. The summed E-state index contributed by atoms with van der Waals surface area (Å²) in [5, 5.41) is 7.16. The van der Waals surface area contributed by atoms with Crippen LogP contribution in [0.1, 0.15) is 25.0 Å². The van der Waals surface area contributed by atoms with E-state index in [4.69, 9.17) is 0 Å². The Morgan fingerprint density at radius 3 is 3.06 bits per heavy atom. The lowest BCUT2D eigenvalue weighted by molar-refractivity contribution is 0.379. The zero-order chi connectivity index (χ0) is 11.2. The second-order valence-corrected chi connectivity index (χ2v) is 5.19. The Morgan fingerprint density at radius 1 is 1.12 bits per heavy atom. The van der Waals surface area contributed by atoms with Crippen LogP contribution in [-0.2, 0) is 0 Å². The van der Waals surface area contributed by atoms with Gasteiger partial charge in [-0.05, 0) is 43.4 Å². The lowest BCUT2D eigenvalue weighted by atomic mass is 9.77. The van der Waals surface area contributed by atoms with Gasteiger partial charge < -0.3 is 10.6 Å². The highest BCUT2D eigenvalue weighted by Gasteiger charge is 2.39. The molecule has 0 spiro atoms. The molecular formula is C13H16N4. The van der Waals surface area contributed by atoms with Crippen LogP contribution < -0.4 is 10.6 Å². The summed E-state index contributed by atoms with van der Waals surface area (Å²) >= 11 is 0. The smallest absolute Gasteiger partial charge is 0.152 e. The molecular weight excluding hydrogens is 212 g/mol. The molecule has 1 saturated carbocycles. The maximum atomic E-state index is 4.40. The van der Waals surface area contributed by atoms with Crippen molar-refractivity contribution < 1.29 is 0 Å². The molecule has 0 amide bonds. The summed E-state index contributed by atoms with van der Waals surface area (Å²) in [6, 6.07) is 1.03. The topological polar surface area (TPSA) is 49.8 Å². The fraction of sp³-hybridized carbons (Fsp3) is 0.538. The largest absolute Gasteiger partial charge is 0.362 e. The minimum Gasteiger partial charge on any atom is -0.362 e. The Bertz CT molecular complexity index is 482. The van der Waals surface area contributed by atoms with Gasteiger partial charge in [-0.15, -0.1) is 0 Å². The number of rotatable bonds is 0. The molecule has 88 valence electrons. The molecule has 3 unspecified atom stereocenters. The van der Waals surface area contributed by atoms with E-state index in [2.05, 4.69) is 26.7 Å². The first-order chi connectivity index (χ1) is 8.42. The van der Waals surface area contributed by atoms with Crippen LogP contribution in [-0.4, -0.2) is 28.6 Å². The summed E-state index contributed by atoms with van der Waals surface area (Å²) in [6.07, 6.45) is 9.64. The van der Waals surface area contributed by atoms with Crippen molar-refractivity contribution in [1.82, 2.24) is 15.3 Å². The van der Waals surface area contributed by atoms with Crippen LogP contribution in [0.3, 0.4) is 0 Å². The van der Waals surface area contributed by atoms with Gasteiger partial charge in [0.1, 0.15) is 5.69 Å². The molecule has 2 N–H and O–H groups in total. The molecule has 3 aliphatic rings. The molecule has 3 heterocycles. The van der Waals surface area contributed by atoms with Gasteiger partial charge in [-0.25, -0.2) is 4.98 Å². The van der Waals surface area contributed by atoms with Crippen LogP contribution >= 0.6 is 0 Å². The normalized spacial score (nSPS) is 34.1. The van der Waals surface area contributed by atoms with Crippen molar-refractivity contribution >= 4 is 11.9 Å². The van der Waals surface area contributed by atoms with Gasteiger partial charge in [0.15, 0.2) is 5.82 Å². The first-order valence-electron chi connectivity index (χ1n) is 6.44. The molecule has 4 heteroatoms. The summed E-state index contributed by atoms with van der Waals surface area (Å²) in [5.74, 6) is 1.77. The van der Waals surface area contributed by atoms with Gasteiger partial charge in [0.05, 0.1) is 6.04 Å². The van der Waals surface area contributed by atoms with Crippen molar-refractivity contribution in [3.63, 3.8) is 0 Å². The van der Waals surface area contributed by atoms with Crippen molar-refractivity contribution in [2.75, 3.05) is 11.9 Å². The van der Waals surface area contributed by atoms with E-state index in [1.165, 1.54) is 24.8 Å². The number of nitrogens with zero attached hydrogens (tertiary/aromatic N) is 2. The molecule has 1 saturated heterocycles. The first-order valence-corrected chi connectivity index (χ1v) is 6.44. The van der Waals surface area contributed by atoms with Gasteiger partial charge in [-0.3, -0.25) is 4.98 Å². The van der Waals surface area contributed by atoms with Gasteiger partial charge in [0.25, 0.3) is 0 Å². The van der Waals surface area contributed by atoms with Crippen LogP contribution in [0, 0.1) is 5.92 Å². The quantitative estimate of drug-likeness (QED) is 0.705. The first kappa shape index (κ1) is 9.59. The Kier molecular flexibility index (Phi) is 1.99. The summed E-state index contributed by atoms with van der Waals surface area (Å²) in [7, 11) is 0. The van der Waals surface area contributed by atoms with Crippen LogP contribution in [0.2, 0.25) is 0 Å². The molecule has 4 rings (SSSR count). The maximum absolute atomic E-state index is 4.40. The number of fused-ring (bicyclic) bond motifs is 4. The second-order valence-electron chi connectivity index (χ2n) is 5.19. The second kappa shape index (κ2) is 3.53. The Morgan fingerprint density at radius 2 is 2.06 bits per heavy atom. The summed E-state index contributed by atoms with van der Waals surface area (Å²) in [4.78, 5) is 8.75. The van der Waals surface area contributed by atoms with E-state index < -0.39 is 0 Å². The average molecular weight is 228 g/mol. The molecule has 1 aliphatic carbocycles. The number of hydrogen-bond donors (Lipinski definition) is 2. The molecule has 2 aliphatic heterocycles. The van der Waals surface area contributed by atoms with Crippen LogP contribution in [0.25, 0.3) is 6.08 Å². The zero-order valence-corrected chi connectivity index (χ0v) is 9.69. The van der Waals surface area contributed by atoms with Gasteiger partial charge in [0.2, 0.25) is 0 Å². The van der Waals surface area contributed by atoms with Crippen molar-refractivity contribution in [2.24, 2.45) is 5.92 Å². The van der Waals surface area contributed by atoms with Crippen molar-refractivity contribution in [3.05, 3.63) is 23.7 Å². The molecule has 4 nitrogen and oxygen atoms in total. The third-order valence-electron chi connectivity index (χ3n) is 4.28. The number of anilines is 1. The molecule has 3 atom stereocenters. The van der Waals surface area contributed by atoms with E-state index in [0.717, 1.165) is 24.0 Å². The van der Waals surface area contributed by atoms with E-state index in [1.807, 2.05) is 0 Å². The SMILES string of the molecule is C1=C2C(CCC3CCNC23)Nc2nccnc21. The number of hydrogen-bond acceptors (Lipinski definition) is 4. The molecule has 0 radical (unpaired) electrons. The van der Waals surface area contributed by atoms with Crippen LogP contribution in [0.4, 0.5) is 5.82 Å². The van der Waals surface area contributed by atoms with E-state index in [0.29, 0.717) is 12.1 Å². The molecule has 17 heavy (non-hydrogen) atoms. The highest BCUT2D eigenvalue weighted by atomic mass is 15.1. The van der Waals surface area contributed by atoms with Crippen LogP contribution in [0.15, 0.2) is 18.0 Å². The average Bonchev–Trinajstić information content (AvgIpc) is 2.85. The summed E-state index contributed by atoms with van der Waals surface area (Å²) in [6.45, 7) is 1.16. The molecule has 1 aromatic rings. The lowest BCUT2D eigenvalue weighted by Crippen LogP contribution is -2.43. The standard InChI is InChI=1S/C13H16N4/c1-2-10-9(12-8(1)3-4-15-12)7-11-13(17-10)16-6-5-14-11/h5-8,10,12,15H,1-4H2,(H,16,17). The Hall–Kier alpha value is -1.42. The predicted octanol–water partition coefficient (Wildman–Crippen LogP) is 1.43. The highest BCUT2D eigenvalue weighted by molar-refractivity contribution is 5.68. The monoisotopic (exact) mass is 228 g/mol. The fourth-order valence-electron chi connectivity index (χ4n) is 3.46. The molecule has 0 aromatic carbocycles. The lowest BCUT2D eigenvalue weighted by Gasteiger charge is -2.37. The van der Waals surface area contributed by atoms with E-state index >= 15 is 0 Å². The predicted molar refractivity (Wildman–Crippen MR) is 66.6 cm³/mol. The fourth-order valence-corrected chi connectivity index (χ4v) is 3.46.